The number of benzene rings is 1. The van der Waals surface area contributed by atoms with E-state index in [-0.39, 0.29) is 12.6 Å². The molecule has 3 heteroatoms. The summed E-state index contributed by atoms with van der Waals surface area (Å²) in [4.78, 5) is 0. The van der Waals surface area contributed by atoms with Crippen molar-refractivity contribution in [1.82, 2.24) is 0 Å². The quantitative estimate of drug-likeness (QED) is 0.824. The van der Waals surface area contributed by atoms with E-state index in [0.717, 1.165) is 29.7 Å². The van der Waals surface area contributed by atoms with Gasteiger partial charge in [-0.1, -0.05) is 25.1 Å². The van der Waals surface area contributed by atoms with Crippen LogP contribution in [0.1, 0.15) is 24.5 Å². The molecule has 0 heterocycles. The molecule has 0 fully saturated rings. The molecule has 0 aliphatic heterocycles. The summed E-state index contributed by atoms with van der Waals surface area (Å²) in [5.41, 5.74) is 8.07. The lowest BCUT2D eigenvalue weighted by Gasteiger charge is -2.15. The van der Waals surface area contributed by atoms with Gasteiger partial charge in [0.1, 0.15) is 11.8 Å². The zero-order valence-electron chi connectivity index (χ0n) is 9.86. The van der Waals surface area contributed by atoms with Crippen LogP contribution in [-0.2, 0) is 6.42 Å². The van der Waals surface area contributed by atoms with Crippen LogP contribution in [0.15, 0.2) is 18.2 Å². The van der Waals surface area contributed by atoms with Gasteiger partial charge in [-0.2, -0.15) is 5.26 Å². The molecule has 0 aromatic heterocycles. The third-order valence-corrected chi connectivity index (χ3v) is 2.58. The van der Waals surface area contributed by atoms with E-state index in [2.05, 4.69) is 6.92 Å². The van der Waals surface area contributed by atoms with E-state index in [4.69, 9.17) is 15.7 Å². The van der Waals surface area contributed by atoms with Crippen molar-refractivity contribution >= 4 is 0 Å². The lowest BCUT2D eigenvalue weighted by atomic mass is 10.0. The predicted octanol–water partition coefficient (Wildman–Crippen LogP) is 2.18. The average Bonchev–Trinajstić information content (AvgIpc) is 2.28. The standard InChI is InChI=1S/C13H18N2O/c1-3-12(15)9-11-6-4-5-10(2)13(11)16-8-7-14/h4-6,12H,3,8-9,15H2,1-2H3. The first-order valence-electron chi connectivity index (χ1n) is 5.52. The number of nitrogens with zero attached hydrogens (tertiary/aromatic N) is 1. The van der Waals surface area contributed by atoms with Crippen molar-refractivity contribution in [3.63, 3.8) is 0 Å². The van der Waals surface area contributed by atoms with Gasteiger partial charge in [0.05, 0.1) is 0 Å². The topological polar surface area (TPSA) is 59.0 Å². The molecule has 0 amide bonds. The van der Waals surface area contributed by atoms with E-state index in [9.17, 15) is 0 Å². The van der Waals surface area contributed by atoms with E-state index < -0.39 is 0 Å². The smallest absolute Gasteiger partial charge is 0.174 e. The minimum atomic E-state index is 0.0826. The Balaban J connectivity index is 2.89. The van der Waals surface area contributed by atoms with E-state index in [1.807, 2.05) is 31.2 Å². The Morgan fingerprint density at radius 3 is 2.88 bits per heavy atom. The van der Waals surface area contributed by atoms with Gasteiger partial charge in [-0.3, -0.25) is 0 Å². The molecule has 1 atom stereocenters. The summed E-state index contributed by atoms with van der Waals surface area (Å²) in [6, 6.07) is 8.11. The van der Waals surface area contributed by atoms with E-state index >= 15 is 0 Å². The highest BCUT2D eigenvalue weighted by molar-refractivity contribution is 5.41. The molecule has 0 spiro atoms. The third kappa shape index (κ3) is 3.25. The van der Waals surface area contributed by atoms with Crippen LogP contribution in [0, 0.1) is 18.3 Å². The Labute approximate surface area is 96.8 Å². The van der Waals surface area contributed by atoms with Gasteiger partial charge in [-0.25, -0.2) is 0 Å². The van der Waals surface area contributed by atoms with Crippen molar-refractivity contribution in [2.45, 2.75) is 32.7 Å². The number of para-hydroxylation sites is 1. The van der Waals surface area contributed by atoms with Crippen molar-refractivity contribution in [3.8, 4) is 11.8 Å². The van der Waals surface area contributed by atoms with E-state index in [1.54, 1.807) is 0 Å². The van der Waals surface area contributed by atoms with E-state index in [0.29, 0.717) is 0 Å². The highest BCUT2D eigenvalue weighted by Gasteiger charge is 2.09. The predicted molar refractivity (Wildman–Crippen MR) is 64.3 cm³/mol. The number of aryl methyl sites for hydroxylation is 1. The van der Waals surface area contributed by atoms with Crippen molar-refractivity contribution in [2.24, 2.45) is 5.73 Å². The van der Waals surface area contributed by atoms with Crippen molar-refractivity contribution in [3.05, 3.63) is 29.3 Å². The van der Waals surface area contributed by atoms with Crippen LogP contribution in [0.5, 0.6) is 5.75 Å². The highest BCUT2D eigenvalue weighted by atomic mass is 16.5. The zero-order chi connectivity index (χ0) is 12.0. The summed E-state index contributed by atoms with van der Waals surface area (Å²) in [6.45, 7) is 4.13. The van der Waals surface area contributed by atoms with Crippen LogP contribution < -0.4 is 10.5 Å². The molecule has 0 bridgehead atoms. The zero-order valence-corrected chi connectivity index (χ0v) is 9.86. The molecule has 0 saturated heterocycles. The summed E-state index contributed by atoms with van der Waals surface area (Å²) >= 11 is 0. The Morgan fingerprint density at radius 1 is 1.50 bits per heavy atom. The molecule has 86 valence electrons. The molecule has 2 N–H and O–H groups in total. The van der Waals surface area contributed by atoms with Crippen LogP contribution in [-0.4, -0.2) is 12.6 Å². The SMILES string of the molecule is CCC(N)Cc1cccc(C)c1OCC#N. The first-order valence-corrected chi connectivity index (χ1v) is 5.52. The molecule has 0 aliphatic rings. The van der Waals surface area contributed by atoms with Crippen LogP contribution >= 0.6 is 0 Å². The Kier molecular flexibility index (Phi) is 4.81. The summed E-state index contributed by atoms with van der Waals surface area (Å²) in [7, 11) is 0. The Morgan fingerprint density at radius 2 is 2.25 bits per heavy atom. The second-order valence-corrected chi connectivity index (χ2v) is 3.88. The largest absolute Gasteiger partial charge is 0.478 e. The second kappa shape index (κ2) is 6.14. The van der Waals surface area contributed by atoms with Gasteiger partial charge in [0.25, 0.3) is 0 Å². The average molecular weight is 218 g/mol. The summed E-state index contributed by atoms with van der Waals surface area (Å²) < 4.78 is 5.45. The molecule has 1 aromatic carbocycles. The normalized spacial score (nSPS) is 11.9. The Bertz CT molecular complexity index is 382. The van der Waals surface area contributed by atoms with Crippen LogP contribution in [0.2, 0.25) is 0 Å². The number of rotatable bonds is 5. The van der Waals surface area contributed by atoms with Gasteiger partial charge in [0, 0.05) is 6.04 Å². The number of hydrogen-bond donors (Lipinski definition) is 1. The van der Waals surface area contributed by atoms with Gasteiger partial charge in [-0.05, 0) is 30.9 Å². The molecule has 1 rings (SSSR count). The van der Waals surface area contributed by atoms with Gasteiger partial charge in [0.2, 0.25) is 0 Å². The maximum absolute atomic E-state index is 8.54. The lowest BCUT2D eigenvalue weighted by Crippen LogP contribution is -2.21. The van der Waals surface area contributed by atoms with Gasteiger partial charge in [0.15, 0.2) is 6.61 Å². The fraction of sp³-hybridized carbons (Fsp3) is 0.462. The molecule has 0 aliphatic carbocycles. The molecule has 1 unspecified atom stereocenters. The molecule has 16 heavy (non-hydrogen) atoms. The fourth-order valence-electron chi connectivity index (χ4n) is 1.61. The Hall–Kier alpha value is -1.53. The molecule has 1 aromatic rings. The van der Waals surface area contributed by atoms with Crippen LogP contribution in [0.4, 0.5) is 0 Å². The first-order chi connectivity index (χ1) is 7.69. The first kappa shape index (κ1) is 12.5. The lowest BCUT2D eigenvalue weighted by molar-refractivity contribution is 0.360. The monoisotopic (exact) mass is 218 g/mol. The summed E-state index contributed by atoms with van der Waals surface area (Å²) in [6.07, 6.45) is 1.73. The number of nitriles is 1. The molecule has 0 radical (unpaired) electrons. The summed E-state index contributed by atoms with van der Waals surface area (Å²) in [5.74, 6) is 0.813. The molecular formula is C13H18N2O. The number of ether oxygens (including phenoxy) is 1. The van der Waals surface area contributed by atoms with Crippen LogP contribution in [0.25, 0.3) is 0 Å². The molecular weight excluding hydrogens is 200 g/mol. The number of nitrogens with two attached hydrogens (primary N) is 1. The van der Waals surface area contributed by atoms with Crippen molar-refractivity contribution < 1.29 is 4.74 Å². The van der Waals surface area contributed by atoms with Crippen molar-refractivity contribution in [1.29, 1.82) is 5.26 Å². The van der Waals surface area contributed by atoms with Crippen molar-refractivity contribution in [2.75, 3.05) is 6.61 Å². The van der Waals surface area contributed by atoms with Gasteiger partial charge >= 0.3 is 0 Å². The third-order valence-electron chi connectivity index (χ3n) is 2.58. The second-order valence-electron chi connectivity index (χ2n) is 3.88. The maximum Gasteiger partial charge on any atom is 0.174 e. The minimum absolute atomic E-state index is 0.0826. The highest BCUT2D eigenvalue weighted by Crippen LogP contribution is 2.24. The number of hydrogen-bond acceptors (Lipinski definition) is 3. The minimum Gasteiger partial charge on any atom is -0.478 e. The molecule has 3 nitrogen and oxygen atoms in total. The van der Waals surface area contributed by atoms with E-state index in [1.165, 1.54) is 0 Å². The van der Waals surface area contributed by atoms with Gasteiger partial charge in [-0.15, -0.1) is 0 Å². The summed E-state index contributed by atoms with van der Waals surface area (Å²) in [5, 5.41) is 8.54. The fourth-order valence-corrected chi connectivity index (χ4v) is 1.61. The maximum atomic E-state index is 8.54. The molecule has 0 saturated carbocycles. The van der Waals surface area contributed by atoms with Gasteiger partial charge < -0.3 is 10.5 Å². The van der Waals surface area contributed by atoms with Crippen LogP contribution in [0.3, 0.4) is 0 Å².